The summed E-state index contributed by atoms with van der Waals surface area (Å²) in [6, 6.07) is 12.5. The van der Waals surface area contributed by atoms with Crippen molar-refractivity contribution in [1.29, 1.82) is 0 Å². The molecule has 1 N–H and O–H groups in total. The van der Waals surface area contributed by atoms with Gasteiger partial charge in [0.2, 0.25) is 0 Å². The third kappa shape index (κ3) is 3.05. The van der Waals surface area contributed by atoms with Crippen LogP contribution in [-0.2, 0) is 6.42 Å². The summed E-state index contributed by atoms with van der Waals surface area (Å²) in [6.07, 6.45) is 0.252. The molecule has 1 heteroatoms. The van der Waals surface area contributed by atoms with Crippen LogP contribution in [0.5, 0.6) is 0 Å². The van der Waals surface area contributed by atoms with E-state index in [4.69, 9.17) is 0 Å². The van der Waals surface area contributed by atoms with Gasteiger partial charge < -0.3 is 5.11 Å². The number of aliphatic hydroxyl groups excluding tert-OH is 1. The van der Waals surface area contributed by atoms with Crippen molar-refractivity contribution in [3.8, 4) is 0 Å². The number of aryl methyl sites for hydroxylation is 4. The summed E-state index contributed by atoms with van der Waals surface area (Å²) in [6.45, 7) is 8.34. The summed E-state index contributed by atoms with van der Waals surface area (Å²) in [7, 11) is 0. The van der Waals surface area contributed by atoms with E-state index in [9.17, 15) is 5.11 Å². The number of hydrogen-bond acceptors (Lipinski definition) is 1. The van der Waals surface area contributed by atoms with Gasteiger partial charge in [-0.2, -0.15) is 0 Å². The highest BCUT2D eigenvalue weighted by Crippen LogP contribution is 2.25. The topological polar surface area (TPSA) is 20.2 Å². The molecule has 0 bridgehead atoms. The van der Waals surface area contributed by atoms with Gasteiger partial charge in [-0.25, -0.2) is 0 Å². The Morgan fingerprint density at radius 2 is 1.53 bits per heavy atom. The highest BCUT2D eigenvalue weighted by atomic mass is 16.3. The van der Waals surface area contributed by atoms with Crippen LogP contribution in [0.4, 0.5) is 0 Å². The highest BCUT2D eigenvalue weighted by Gasteiger charge is 2.14. The van der Waals surface area contributed by atoms with Crippen LogP contribution in [0.15, 0.2) is 36.4 Å². The van der Waals surface area contributed by atoms with Crippen molar-refractivity contribution in [2.24, 2.45) is 0 Å². The Labute approximate surface area is 115 Å². The van der Waals surface area contributed by atoms with Gasteiger partial charge in [-0.3, -0.25) is 0 Å². The van der Waals surface area contributed by atoms with Gasteiger partial charge in [0, 0.05) is 6.42 Å². The molecule has 0 aromatic heterocycles. The third-order valence-electron chi connectivity index (χ3n) is 3.84. The quantitative estimate of drug-likeness (QED) is 0.870. The zero-order chi connectivity index (χ0) is 14.0. The van der Waals surface area contributed by atoms with Crippen LogP contribution >= 0.6 is 0 Å². The predicted molar refractivity (Wildman–Crippen MR) is 80.5 cm³/mol. The SMILES string of the molecule is Cc1ccc(C)c(C(O)Cc2c(C)cccc2C)c1. The molecule has 0 spiro atoms. The molecule has 2 aromatic rings. The van der Waals surface area contributed by atoms with Crippen LogP contribution in [0.2, 0.25) is 0 Å². The second-order valence-electron chi connectivity index (χ2n) is 5.45. The second-order valence-corrected chi connectivity index (χ2v) is 5.45. The van der Waals surface area contributed by atoms with Crippen LogP contribution in [0, 0.1) is 27.7 Å². The van der Waals surface area contributed by atoms with Crippen molar-refractivity contribution in [3.63, 3.8) is 0 Å². The Kier molecular flexibility index (Phi) is 4.06. The fraction of sp³-hybridized carbons (Fsp3) is 0.333. The maximum Gasteiger partial charge on any atom is 0.0833 e. The Balaban J connectivity index is 2.31. The molecule has 0 heterocycles. The molecule has 1 atom stereocenters. The second kappa shape index (κ2) is 5.58. The molecule has 1 unspecified atom stereocenters. The van der Waals surface area contributed by atoms with Crippen molar-refractivity contribution in [2.45, 2.75) is 40.2 Å². The van der Waals surface area contributed by atoms with Crippen molar-refractivity contribution < 1.29 is 5.11 Å². The van der Waals surface area contributed by atoms with E-state index >= 15 is 0 Å². The monoisotopic (exact) mass is 254 g/mol. The average molecular weight is 254 g/mol. The molecule has 0 saturated carbocycles. The minimum absolute atomic E-state index is 0.431. The molecule has 0 saturated heterocycles. The summed E-state index contributed by atoms with van der Waals surface area (Å²) >= 11 is 0. The maximum absolute atomic E-state index is 10.5. The number of aliphatic hydroxyl groups is 1. The first kappa shape index (κ1) is 13.8. The molecule has 1 nitrogen and oxygen atoms in total. The number of benzene rings is 2. The molecular formula is C18H22O. The van der Waals surface area contributed by atoms with Crippen LogP contribution in [0.3, 0.4) is 0 Å². The number of hydrogen-bond donors (Lipinski definition) is 1. The van der Waals surface area contributed by atoms with Crippen LogP contribution in [0.1, 0.15) is 39.5 Å². The summed E-state index contributed by atoms with van der Waals surface area (Å²) in [5.41, 5.74) is 7.16. The summed E-state index contributed by atoms with van der Waals surface area (Å²) < 4.78 is 0. The molecule has 0 aliphatic rings. The normalized spacial score (nSPS) is 12.5. The molecule has 0 aliphatic heterocycles. The lowest BCUT2D eigenvalue weighted by atomic mass is 9.92. The first-order chi connectivity index (χ1) is 8.99. The van der Waals surface area contributed by atoms with Crippen molar-refractivity contribution >= 4 is 0 Å². The highest BCUT2D eigenvalue weighted by molar-refractivity contribution is 5.37. The lowest BCUT2D eigenvalue weighted by Crippen LogP contribution is -2.06. The van der Waals surface area contributed by atoms with Crippen LogP contribution in [0.25, 0.3) is 0 Å². The van der Waals surface area contributed by atoms with Gasteiger partial charge in [0.05, 0.1) is 6.10 Å². The number of rotatable bonds is 3. The molecule has 19 heavy (non-hydrogen) atoms. The first-order valence-corrected chi connectivity index (χ1v) is 6.79. The van der Waals surface area contributed by atoms with Gasteiger partial charge in [-0.15, -0.1) is 0 Å². The Morgan fingerprint density at radius 1 is 0.895 bits per heavy atom. The third-order valence-corrected chi connectivity index (χ3v) is 3.84. The van der Waals surface area contributed by atoms with Gasteiger partial charge in [-0.05, 0) is 55.5 Å². The molecular weight excluding hydrogens is 232 g/mol. The van der Waals surface area contributed by atoms with Gasteiger partial charge in [-0.1, -0.05) is 42.0 Å². The summed E-state index contributed by atoms with van der Waals surface area (Å²) in [5, 5.41) is 10.5. The van der Waals surface area contributed by atoms with E-state index in [1.54, 1.807) is 0 Å². The maximum atomic E-state index is 10.5. The lowest BCUT2D eigenvalue weighted by molar-refractivity contribution is 0.177. The van der Waals surface area contributed by atoms with Gasteiger partial charge in [0.15, 0.2) is 0 Å². The lowest BCUT2D eigenvalue weighted by Gasteiger charge is -2.17. The van der Waals surface area contributed by atoms with Crippen molar-refractivity contribution in [1.82, 2.24) is 0 Å². The standard InChI is InChI=1S/C18H22O/c1-12-8-9-15(4)17(10-12)18(19)11-16-13(2)6-5-7-14(16)3/h5-10,18-19H,11H2,1-4H3. The van der Waals surface area contributed by atoms with Gasteiger partial charge in [0.25, 0.3) is 0 Å². The fourth-order valence-corrected chi connectivity index (χ4v) is 2.59. The van der Waals surface area contributed by atoms with E-state index in [1.165, 1.54) is 22.3 Å². The minimum atomic E-state index is -0.431. The van der Waals surface area contributed by atoms with E-state index in [0.717, 1.165) is 11.1 Å². The van der Waals surface area contributed by atoms with E-state index < -0.39 is 6.10 Å². The van der Waals surface area contributed by atoms with Crippen molar-refractivity contribution in [2.75, 3.05) is 0 Å². The van der Waals surface area contributed by atoms with E-state index in [-0.39, 0.29) is 0 Å². The van der Waals surface area contributed by atoms with Crippen molar-refractivity contribution in [3.05, 3.63) is 69.8 Å². The molecule has 2 aromatic carbocycles. The van der Waals surface area contributed by atoms with Gasteiger partial charge >= 0.3 is 0 Å². The van der Waals surface area contributed by atoms with Gasteiger partial charge in [0.1, 0.15) is 0 Å². The Hall–Kier alpha value is -1.60. The Morgan fingerprint density at radius 3 is 2.16 bits per heavy atom. The fourth-order valence-electron chi connectivity index (χ4n) is 2.59. The summed E-state index contributed by atoms with van der Waals surface area (Å²) in [4.78, 5) is 0. The molecule has 2 rings (SSSR count). The average Bonchev–Trinajstić information content (AvgIpc) is 2.37. The van der Waals surface area contributed by atoms with E-state index in [1.807, 2.05) is 0 Å². The Bertz CT molecular complexity index is 564. The van der Waals surface area contributed by atoms with E-state index in [2.05, 4.69) is 64.1 Å². The van der Waals surface area contributed by atoms with E-state index in [0.29, 0.717) is 6.42 Å². The smallest absolute Gasteiger partial charge is 0.0833 e. The molecule has 0 aliphatic carbocycles. The summed E-state index contributed by atoms with van der Waals surface area (Å²) in [5.74, 6) is 0. The largest absolute Gasteiger partial charge is 0.388 e. The zero-order valence-corrected chi connectivity index (χ0v) is 12.2. The van der Waals surface area contributed by atoms with Crippen LogP contribution in [-0.4, -0.2) is 5.11 Å². The molecule has 0 amide bonds. The first-order valence-electron chi connectivity index (χ1n) is 6.79. The molecule has 0 radical (unpaired) electrons. The molecule has 0 fully saturated rings. The minimum Gasteiger partial charge on any atom is -0.388 e. The zero-order valence-electron chi connectivity index (χ0n) is 12.2. The predicted octanol–water partition coefficient (Wildman–Crippen LogP) is 4.20. The molecule has 100 valence electrons. The van der Waals surface area contributed by atoms with Crippen LogP contribution < -0.4 is 0 Å².